The molecule has 0 aliphatic heterocycles. The van der Waals surface area contributed by atoms with Gasteiger partial charge in [0.2, 0.25) is 5.75 Å². The summed E-state index contributed by atoms with van der Waals surface area (Å²) in [5.74, 6) is 0.920. The summed E-state index contributed by atoms with van der Waals surface area (Å²) in [5, 5.41) is 11.8. The molecule has 0 aliphatic rings. The molecule has 0 saturated heterocycles. The van der Waals surface area contributed by atoms with Crippen LogP contribution in [0.25, 0.3) is 0 Å². The van der Waals surface area contributed by atoms with Gasteiger partial charge in [0, 0.05) is 17.2 Å². The summed E-state index contributed by atoms with van der Waals surface area (Å²) in [6, 6.07) is 9.08. The van der Waals surface area contributed by atoms with Crippen molar-refractivity contribution in [2.75, 3.05) is 0 Å². The minimum atomic E-state index is -0.503. The number of nitro groups is 1. The monoisotopic (exact) mass is 341 g/mol. The zero-order valence-corrected chi connectivity index (χ0v) is 13.4. The Labute approximate surface area is 137 Å². The molecule has 22 heavy (non-hydrogen) atoms. The van der Waals surface area contributed by atoms with Crippen molar-refractivity contribution in [1.29, 1.82) is 0 Å². The number of rotatable bonds is 5. The number of halogens is 2. The minimum Gasteiger partial charge on any atom is -0.484 e. The molecule has 0 unspecified atom stereocenters. The molecule has 2 aromatic carbocycles. The highest BCUT2D eigenvalue weighted by molar-refractivity contribution is 6.35. The molecule has 0 atom stereocenters. The number of nitrogens with zero attached hydrogens (tertiary/aromatic N) is 1. The summed E-state index contributed by atoms with van der Waals surface area (Å²) in [4.78, 5) is 10.5. The van der Waals surface area contributed by atoms with Crippen LogP contribution in [0.3, 0.4) is 0 Å². The molecule has 2 rings (SSSR count). The highest BCUT2D eigenvalue weighted by Gasteiger charge is 2.18. The first kappa shape index (κ1) is 16.4. The van der Waals surface area contributed by atoms with Gasteiger partial charge in [-0.05, 0) is 38.1 Å². The zero-order valence-electron chi connectivity index (χ0n) is 11.9. The van der Waals surface area contributed by atoms with Crippen molar-refractivity contribution in [2.24, 2.45) is 0 Å². The van der Waals surface area contributed by atoms with E-state index in [2.05, 4.69) is 0 Å². The molecule has 2 aromatic rings. The Balaban J connectivity index is 2.33. The maximum absolute atomic E-state index is 11.0. The molecule has 0 N–H and O–H groups in total. The van der Waals surface area contributed by atoms with E-state index in [1.165, 1.54) is 18.2 Å². The maximum atomic E-state index is 11.0. The second-order valence-electron chi connectivity index (χ2n) is 4.73. The normalized spacial score (nSPS) is 10.6. The molecule has 0 fully saturated rings. The maximum Gasteiger partial charge on any atom is 0.311 e. The Morgan fingerprint density at radius 1 is 1.09 bits per heavy atom. The van der Waals surface area contributed by atoms with E-state index in [0.717, 1.165) is 0 Å². The summed E-state index contributed by atoms with van der Waals surface area (Å²) in [6.07, 6.45) is -0.201. The van der Waals surface area contributed by atoms with Crippen molar-refractivity contribution in [3.8, 4) is 17.2 Å². The highest BCUT2D eigenvalue weighted by atomic mass is 35.5. The Morgan fingerprint density at radius 2 is 1.82 bits per heavy atom. The summed E-state index contributed by atoms with van der Waals surface area (Å²) >= 11 is 11.9. The molecule has 0 aromatic heterocycles. The fraction of sp³-hybridized carbons (Fsp3) is 0.200. The Kier molecular flexibility index (Phi) is 5.11. The molecule has 0 amide bonds. The van der Waals surface area contributed by atoms with Crippen molar-refractivity contribution in [3.05, 3.63) is 56.6 Å². The number of ether oxygens (including phenoxy) is 2. The largest absolute Gasteiger partial charge is 0.484 e. The molecule has 0 aliphatic carbocycles. The smallest absolute Gasteiger partial charge is 0.311 e. The standard InChI is InChI=1S/C15H13Cl2NO4/c1-9(2)21-15-8-11(4-5-13(15)18(19)20)22-14-6-3-10(16)7-12(14)17/h3-9H,1-2H3. The fourth-order valence-electron chi connectivity index (χ4n) is 1.74. The summed E-state index contributed by atoms with van der Waals surface area (Å²) in [6.45, 7) is 3.57. The number of hydrogen-bond donors (Lipinski definition) is 0. The van der Waals surface area contributed by atoms with Crippen molar-refractivity contribution < 1.29 is 14.4 Å². The van der Waals surface area contributed by atoms with Crippen molar-refractivity contribution in [3.63, 3.8) is 0 Å². The predicted octanol–water partition coefficient (Wildman–Crippen LogP) is 5.48. The van der Waals surface area contributed by atoms with Gasteiger partial charge in [-0.15, -0.1) is 0 Å². The lowest BCUT2D eigenvalue weighted by Crippen LogP contribution is -2.07. The SMILES string of the molecule is CC(C)Oc1cc(Oc2ccc(Cl)cc2Cl)ccc1[N+](=O)[O-]. The van der Waals surface area contributed by atoms with Crippen LogP contribution in [-0.2, 0) is 0 Å². The molecule has 0 radical (unpaired) electrons. The quantitative estimate of drug-likeness (QED) is 0.533. The van der Waals surface area contributed by atoms with Crippen LogP contribution in [0, 0.1) is 10.1 Å². The Hall–Kier alpha value is -1.98. The van der Waals surface area contributed by atoms with Gasteiger partial charge >= 0.3 is 5.69 Å². The van der Waals surface area contributed by atoms with Crippen LogP contribution in [0.5, 0.6) is 17.2 Å². The van der Waals surface area contributed by atoms with Gasteiger partial charge in [-0.25, -0.2) is 0 Å². The Morgan fingerprint density at radius 3 is 2.41 bits per heavy atom. The molecular weight excluding hydrogens is 329 g/mol. The van der Waals surface area contributed by atoms with Gasteiger partial charge in [0.25, 0.3) is 0 Å². The minimum absolute atomic E-state index is 0.122. The van der Waals surface area contributed by atoms with Gasteiger partial charge in [-0.1, -0.05) is 23.2 Å². The first-order valence-corrected chi connectivity index (χ1v) is 7.20. The van der Waals surface area contributed by atoms with Crippen molar-refractivity contribution >= 4 is 28.9 Å². The second-order valence-corrected chi connectivity index (χ2v) is 5.57. The van der Waals surface area contributed by atoms with Crippen LogP contribution < -0.4 is 9.47 Å². The average Bonchev–Trinajstić information content (AvgIpc) is 2.41. The lowest BCUT2D eigenvalue weighted by molar-refractivity contribution is -0.386. The van der Waals surface area contributed by atoms with Gasteiger partial charge in [-0.2, -0.15) is 0 Å². The van der Waals surface area contributed by atoms with E-state index >= 15 is 0 Å². The molecule has 0 heterocycles. The number of benzene rings is 2. The summed E-state index contributed by atoms with van der Waals surface area (Å²) < 4.78 is 11.1. The van der Waals surface area contributed by atoms with Crippen LogP contribution in [0.1, 0.15) is 13.8 Å². The van der Waals surface area contributed by atoms with E-state index in [9.17, 15) is 10.1 Å². The van der Waals surface area contributed by atoms with Crippen LogP contribution in [0.15, 0.2) is 36.4 Å². The molecule has 0 bridgehead atoms. The summed E-state index contributed by atoms with van der Waals surface area (Å²) in [5.41, 5.74) is -0.122. The third kappa shape index (κ3) is 4.02. The fourth-order valence-corrected chi connectivity index (χ4v) is 2.19. The zero-order chi connectivity index (χ0) is 16.3. The number of hydrogen-bond acceptors (Lipinski definition) is 4. The third-order valence-electron chi connectivity index (χ3n) is 2.61. The van der Waals surface area contributed by atoms with Crippen LogP contribution in [0.2, 0.25) is 10.0 Å². The van der Waals surface area contributed by atoms with Crippen molar-refractivity contribution in [1.82, 2.24) is 0 Å². The highest BCUT2D eigenvalue weighted by Crippen LogP contribution is 2.36. The van der Waals surface area contributed by atoms with E-state index < -0.39 is 4.92 Å². The van der Waals surface area contributed by atoms with E-state index in [1.807, 2.05) is 0 Å². The van der Waals surface area contributed by atoms with Gasteiger partial charge < -0.3 is 9.47 Å². The van der Waals surface area contributed by atoms with Crippen LogP contribution in [0.4, 0.5) is 5.69 Å². The molecule has 7 heteroatoms. The molecular formula is C15H13Cl2NO4. The van der Waals surface area contributed by atoms with Gasteiger partial charge in [0.1, 0.15) is 11.5 Å². The van der Waals surface area contributed by atoms with Crippen LogP contribution >= 0.6 is 23.2 Å². The first-order chi connectivity index (χ1) is 10.4. The molecule has 116 valence electrons. The predicted molar refractivity (Wildman–Crippen MR) is 85.4 cm³/mol. The van der Waals surface area contributed by atoms with Crippen LogP contribution in [-0.4, -0.2) is 11.0 Å². The van der Waals surface area contributed by atoms with Gasteiger partial charge in [0.15, 0.2) is 0 Å². The van der Waals surface area contributed by atoms with E-state index in [4.69, 9.17) is 32.7 Å². The Bertz CT molecular complexity index is 704. The second kappa shape index (κ2) is 6.85. The topological polar surface area (TPSA) is 61.6 Å². The van der Waals surface area contributed by atoms with E-state index in [1.54, 1.807) is 32.0 Å². The summed E-state index contributed by atoms with van der Waals surface area (Å²) in [7, 11) is 0. The molecule has 0 spiro atoms. The van der Waals surface area contributed by atoms with Crippen molar-refractivity contribution in [2.45, 2.75) is 20.0 Å². The lowest BCUT2D eigenvalue weighted by Gasteiger charge is -2.12. The number of nitro benzene ring substituents is 1. The molecule has 0 saturated carbocycles. The first-order valence-electron chi connectivity index (χ1n) is 6.45. The molecule has 5 nitrogen and oxygen atoms in total. The lowest BCUT2D eigenvalue weighted by atomic mass is 10.2. The average molecular weight is 342 g/mol. The van der Waals surface area contributed by atoms with Gasteiger partial charge in [0.05, 0.1) is 16.0 Å². The third-order valence-corrected chi connectivity index (χ3v) is 3.14. The van der Waals surface area contributed by atoms with E-state index in [-0.39, 0.29) is 17.5 Å². The van der Waals surface area contributed by atoms with Gasteiger partial charge in [-0.3, -0.25) is 10.1 Å². The van der Waals surface area contributed by atoms with E-state index in [0.29, 0.717) is 21.5 Å².